The fourth-order valence-corrected chi connectivity index (χ4v) is 5.22. The maximum atomic E-state index is 12.6. The molecular weight excluding hydrogens is 391 g/mol. The molecule has 0 unspecified atom stereocenters. The van der Waals surface area contributed by atoms with E-state index in [1.807, 2.05) is 6.07 Å². The smallest absolute Gasteiger partial charge is 0.264 e. The van der Waals surface area contributed by atoms with Crippen molar-refractivity contribution in [2.24, 2.45) is 0 Å². The molecule has 3 aromatic rings. The summed E-state index contributed by atoms with van der Waals surface area (Å²) in [5.41, 5.74) is 1.19. The molecule has 1 N–H and O–H groups in total. The molecule has 0 spiro atoms. The van der Waals surface area contributed by atoms with Gasteiger partial charge in [-0.05, 0) is 36.8 Å². The Morgan fingerprint density at radius 2 is 2.00 bits per heavy atom. The first kappa shape index (κ1) is 17.1. The molecule has 24 heavy (non-hydrogen) atoms. The molecule has 0 amide bonds. The fraction of sp³-hybridized carbons (Fsp3) is 0.0714. The Bertz CT molecular complexity index is 968. The van der Waals surface area contributed by atoms with E-state index in [1.54, 1.807) is 25.4 Å². The van der Waals surface area contributed by atoms with E-state index in [0.29, 0.717) is 15.6 Å². The number of aromatic nitrogens is 3. The second-order valence-electron chi connectivity index (χ2n) is 4.79. The molecule has 6 nitrogen and oxygen atoms in total. The summed E-state index contributed by atoms with van der Waals surface area (Å²) >= 11 is 13.0. The van der Waals surface area contributed by atoms with E-state index in [0.717, 1.165) is 16.9 Å². The van der Waals surface area contributed by atoms with Gasteiger partial charge in [0, 0.05) is 23.0 Å². The van der Waals surface area contributed by atoms with Crippen molar-refractivity contribution in [2.75, 3.05) is 4.72 Å². The molecule has 0 atom stereocenters. The number of pyridine rings is 1. The van der Waals surface area contributed by atoms with E-state index in [2.05, 4.69) is 19.9 Å². The molecule has 0 aliphatic heterocycles. The van der Waals surface area contributed by atoms with Gasteiger partial charge >= 0.3 is 0 Å². The molecule has 10 heteroatoms. The van der Waals surface area contributed by atoms with Crippen molar-refractivity contribution < 1.29 is 8.42 Å². The molecule has 0 radical (unpaired) electrons. The molecule has 0 saturated carbocycles. The van der Waals surface area contributed by atoms with Crippen molar-refractivity contribution >= 4 is 49.7 Å². The van der Waals surface area contributed by atoms with Gasteiger partial charge < -0.3 is 0 Å². The van der Waals surface area contributed by atoms with Crippen molar-refractivity contribution in [1.82, 2.24) is 15.2 Å². The van der Waals surface area contributed by atoms with Crippen molar-refractivity contribution in [1.29, 1.82) is 0 Å². The van der Waals surface area contributed by atoms with Gasteiger partial charge in [0.2, 0.25) is 5.13 Å². The number of hydrogen-bond acceptors (Lipinski definition) is 6. The Labute approximate surface area is 152 Å². The SMILES string of the molecule is Cc1cc(Cl)cc(Cl)c1S(=O)(=O)Nc1nnc(-c2cccnc2)s1. The molecule has 0 aliphatic carbocycles. The molecule has 124 valence electrons. The lowest BCUT2D eigenvalue weighted by Gasteiger charge is -2.10. The van der Waals surface area contributed by atoms with Crippen LogP contribution in [0.3, 0.4) is 0 Å². The van der Waals surface area contributed by atoms with Crippen LogP contribution in [0.1, 0.15) is 5.56 Å². The minimum atomic E-state index is -3.91. The van der Waals surface area contributed by atoms with Gasteiger partial charge in [0.05, 0.1) is 5.02 Å². The third kappa shape index (κ3) is 3.51. The van der Waals surface area contributed by atoms with Crippen LogP contribution in [0.15, 0.2) is 41.6 Å². The summed E-state index contributed by atoms with van der Waals surface area (Å²) in [5, 5.41) is 8.94. The van der Waals surface area contributed by atoms with Crippen LogP contribution < -0.4 is 4.72 Å². The minimum absolute atomic E-state index is 0.0355. The molecule has 3 rings (SSSR count). The van der Waals surface area contributed by atoms with E-state index in [9.17, 15) is 8.42 Å². The molecule has 1 aromatic carbocycles. The second-order valence-corrected chi connectivity index (χ2v) is 8.23. The van der Waals surface area contributed by atoms with E-state index in [1.165, 1.54) is 12.1 Å². The summed E-state index contributed by atoms with van der Waals surface area (Å²) < 4.78 is 27.6. The lowest BCUT2D eigenvalue weighted by molar-refractivity contribution is 0.600. The van der Waals surface area contributed by atoms with Crippen molar-refractivity contribution in [3.63, 3.8) is 0 Å². The highest BCUT2D eigenvalue weighted by Crippen LogP contribution is 2.32. The zero-order valence-electron chi connectivity index (χ0n) is 12.2. The number of nitrogens with one attached hydrogen (secondary N) is 1. The predicted molar refractivity (Wildman–Crippen MR) is 95.1 cm³/mol. The van der Waals surface area contributed by atoms with Gasteiger partial charge in [0.15, 0.2) is 5.01 Å². The van der Waals surface area contributed by atoms with Gasteiger partial charge in [-0.3, -0.25) is 9.71 Å². The van der Waals surface area contributed by atoms with Crippen LogP contribution in [0.25, 0.3) is 10.6 Å². The zero-order valence-corrected chi connectivity index (χ0v) is 15.3. The van der Waals surface area contributed by atoms with Crippen molar-refractivity contribution in [3.8, 4) is 10.6 Å². The zero-order chi connectivity index (χ0) is 17.3. The lowest BCUT2D eigenvalue weighted by Crippen LogP contribution is -2.14. The number of benzene rings is 1. The monoisotopic (exact) mass is 400 g/mol. The number of nitrogens with zero attached hydrogens (tertiary/aromatic N) is 3. The first-order valence-corrected chi connectivity index (χ1v) is 9.65. The van der Waals surface area contributed by atoms with Crippen molar-refractivity contribution in [2.45, 2.75) is 11.8 Å². The normalized spacial score (nSPS) is 11.5. The van der Waals surface area contributed by atoms with Crippen LogP contribution in [-0.2, 0) is 10.0 Å². The second kappa shape index (κ2) is 6.64. The third-order valence-electron chi connectivity index (χ3n) is 3.02. The summed E-state index contributed by atoms with van der Waals surface area (Å²) in [5.74, 6) is 0. The Kier molecular flexibility index (Phi) is 4.73. The number of hydrogen-bond donors (Lipinski definition) is 1. The highest BCUT2D eigenvalue weighted by atomic mass is 35.5. The number of sulfonamides is 1. The number of anilines is 1. The van der Waals surface area contributed by atoms with Gasteiger partial charge in [-0.25, -0.2) is 8.42 Å². The topological polar surface area (TPSA) is 84.8 Å². The Morgan fingerprint density at radius 1 is 1.21 bits per heavy atom. The maximum Gasteiger partial charge on any atom is 0.265 e. The predicted octanol–water partition coefficient (Wildman–Crippen LogP) is 4.02. The first-order chi connectivity index (χ1) is 11.4. The van der Waals surface area contributed by atoms with E-state index >= 15 is 0 Å². The van der Waals surface area contributed by atoms with Gasteiger partial charge in [-0.15, -0.1) is 10.2 Å². The minimum Gasteiger partial charge on any atom is -0.264 e. The summed E-state index contributed by atoms with van der Waals surface area (Å²) in [6, 6.07) is 6.48. The van der Waals surface area contributed by atoms with Crippen LogP contribution >= 0.6 is 34.5 Å². The Balaban J connectivity index is 1.93. The third-order valence-corrected chi connectivity index (χ3v) is 6.20. The van der Waals surface area contributed by atoms with E-state index < -0.39 is 10.0 Å². The summed E-state index contributed by atoms with van der Waals surface area (Å²) in [6.45, 7) is 1.62. The maximum absolute atomic E-state index is 12.6. The van der Waals surface area contributed by atoms with Crippen LogP contribution in [0.4, 0.5) is 5.13 Å². The number of aryl methyl sites for hydroxylation is 1. The van der Waals surface area contributed by atoms with E-state index in [-0.39, 0.29) is 15.0 Å². The summed E-state index contributed by atoms with van der Waals surface area (Å²) in [6.07, 6.45) is 3.26. The molecule has 0 fully saturated rings. The van der Waals surface area contributed by atoms with Crippen LogP contribution in [-0.4, -0.2) is 23.6 Å². The fourth-order valence-electron chi connectivity index (χ4n) is 2.07. The van der Waals surface area contributed by atoms with Crippen LogP contribution in [0.5, 0.6) is 0 Å². The molecule has 2 aromatic heterocycles. The summed E-state index contributed by atoms with van der Waals surface area (Å²) in [4.78, 5) is 3.96. The first-order valence-electron chi connectivity index (χ1n) is 6.59. The quantitative estimate of drug-likeness (QED) is 0.714. The van der Waals surface area contributed by atoms with Gasteiger partial charge in [0.1, 0.15) is 4.90 Å². The summed E-state index contributed by atoms with van der Waals surface area (Å²) in [7, 11) is -3.91. The lowest BCUT2D eigenvalue weighted by atomic mass is 10.2. The van der Waals surface area contributed by atoms with Crippen LogP contribution in [0, 0.1) is 6.92 Å². The molecule has 2 heterocycles. The molecular formula is C14H10Cl2N4O2S2. The average Bonchev–Trinajstić information content (AvgIpc) is 2.94. The largest absolute Gasteiger partial charge is 0.265 e. The Hall–Kier alpha value is -1.74. The Morgan fingerprint density at radius 3 is 2.67 bits per heavy atom. The van der Waals surface area contributed by atoms with Gasteiger partial charge in [-0.2, -0.15) is 0 Å². The van der Waals surface area contributed by atoms with Gasteiger partial charge in [-0.1, -0.05) is 34.5 Å². The highest BCUT2D eigenvalue weighted by Gasteiger charge is 2.23. The van der Waals surface area contributed by atoms with Crippen LogP contribution in [0.2, 0.25) is 10.0 Å². The van der Waals surface area contributed by atoms with Gasteiger partial charge in [0.25, 0.3) is 10.0 Å². The highest BCUT2D eigenvalue weighted by molar-refractivity contribution is 7.93. The molecule has 0 saturated heterocycles. The number of halogens is 2. The standard InChI is InChI=1S/C14H10Cl2N4O2S2/c1-8-5-10(15)6-11(16)12(8)24(21,22)20-14-19-18-13(23-14)9-3-2-4-17-7-9/h2-7H,1H3,(H,19,20). The van der Waals surface area contributed by atoms with Crippen molar-refractivity contribution in [3.05, 3.63) is 52.3 Å². The molecule has 0 bridgehead atoms. The molecule has 0 aliphatic rings. The number of rotatable bonds is 4. The van der Waals surface area contributed by atoms with E-state index in [4.69, 9.17) is 23.2 Å². The average molecular weight is 401 g/mol.